The molecule has 0 saturated carbocycles. The first-order valence-electron chi connectivity index (χ1n) is 4.55. The Balaban J connectivity index is 2.21. The first-order valence-corrected chi connectivity index (χ1v) is 4.55. The molecular formula is C9H18O2. The molecule has 2 atom stereocenters. The lowest BCUT2D eigenvalue weighted by atomic mass is 10.0. The van der Waals surface area contributed by atoms with Crippen LogP contribution in [0.5, 0.6) is 0 Å². The molecule has 11 heavy (non-hydrogen) atoms. The summed E-state index contributed by atoms with van der Waals surface area (Å²) in [5, 5.41) is 0. The average molecular weight is 158 g/mol. The van der Waals surface area contributed by atoms with Gasteiger partial charge in [-0.15, -0.1) is 0 Å². The zero-order valence-corrected chi connectivity index (χ0v) is 7.51. The molecule has 2 heteroatoms. The van der Waals surface area contributed by atoms with E-state index in [2.05, 4.69) is 6.92 Å². The SMILES string of the molecule is CCC[C@@H]1CCC[C@@H](OC)O1. The first kappa shape index (κ1) is 9.01. The van der Waals surface area contributed by atoms with Gasteiger partial charge in [0.25, 0.3) is 0 Å². The van der Waals surface area contributed by atoms with Crippen molar-refractivity contribution in [2.45, 2.75) is 51.4 Å². The van der Waals surface area contributed by atoms with Crippen molar-refractivity contribution in [3.8, 4) is 0 Å². The summed E-state index contributed by atoms with van der Waals surface area (Å²) in [5.74, 6) is 0. The highest BCUT2D eigenvalue weighted by Gasteiger charge is 2.20. The molecule has 0 aliphatic carbocycles. The van der Waals surface area contributed by atoms with E-state index < -0.39 is 0 Å². The molecule has 1 aliphatic heterocycles. The van der Waals surface area contributed by atoms with Crippen molar-refractivity contribution in [3.63, 3.8) is 0 Å². The molecule has 0 N–H and O–H groups in total. The van der Waals surface area contributed by atoms with Crippen molar-refractivity contribution >= 4 is 0 Å². The Kier molecular flexibility index (Phi) is 3.87. The van der Waals surface area contributed by atoms with Crippen molar-refractivity contribution in [2.75, 3.05) is 7.11 Å². The number of hydrogen-bond acceptors (Lipinski definition) is 2. The van der Waals surface area contributed by atoms with E-state index in [1.54, 1.807) is 7.11 Å². The molecule has 0 unspecified atom stereocenters. The van der Waals surface area contributed by atoms with E-state index in [0.29, 0.717) is 6.10 Å². The Labute approximate surface area is 68.9 Å². The molecule has 0 aromatic carbocycles. The lowest BCUT2D eigenvalue weighted by molar-refractivity contribution is -0.181. The van der Waals surface area contributed by atoms with Crippen LogP contribution in [0.25, 0.3) is 0 Å². The van der Waals surface area contributed by atoms with Gasteiger partial charge >= 0.3 is 0 Å². The van der Waals surface area contributed by atoms with Gasteiger partial charge in [0.2, 0.25) is 0 Å². The second-order valence-corrected chi connectivity index (χ2v) is 3.14. The molecule has 0 aromatic heterocycles. The fraction of sp³-hybridized carbons (Fsp3) is 1.00. The smallest absolute Gasteiger partial charge is 0.157 e. The molecule has 66 valence electrons. The van der Waals surface area contributed by atoms with Crippen LogP contribution in [0.1, 0.15) is 39.0 Å². The summed E-state index contributed by atoms with van der Waals surface area (Å²) < 4.78 is 10.8. The lowest BCUT2D eigenvalue weighted by Gasteiger charge is -2.28. The van der Waals surface area contributed by atoms with Crippen LogP contribution in [-0.4, -0.2) is 19.5 Å². The van der Waals surface area contributed by atoms with Gasteiger partial charge in [0.05, 0.1) is 6.10 Å². The van der Waals surface area contributed by atoms with Gasteiger partial charge in [-0.2, -0.15) is 0 Å². The zero-order chi connectivity index (χ0) is 8.10. The Bertz CT molecular complexity index is 102. The monoisotopic (exact) mass is 158 g/mol. The summed E-state index contributed by atoms with van der Waals surface area (Å²) in [7, 11) is 1.72. The van der Waals surface area contributed by atoms with Gasteiger partial charge in [-0.25, -0.2) is 0 Å². The minimum atomic E-state index is 0.0697. The summed E-state index contributed by atoms with van der Waals surface area (Å²) in [6.45, 7) is 2.19. The summed E-state index contributed by atoms with van der Waals surface area (Å²) in [5.41, 5.74) is 0. The predicted octanol–water partition coefficient (Wildman–Crippen LogP) is 2.33. The molecular weight excluding hydrogens is 140 g/mol. The Morgan fingerprint density at radius 1 is 1.45 bits per heavy atom. The molecule has 1 heterocycles. The Morgan fingerprint density at radius 3 is 2.91 bits per heavy atom. The van der Waals surface area contributed by atoms with Crippen LogP contribution in [0, 0.1) is 0 Å². The van der Waals surface area contributed by atoms with Gasteiger partial charge in [0.1, 0.15) is 0 Å². The van der Waals surface area contributed by atoms with Gasteiger partial charge in [-0.05, 0) is 25.7 Å². The minimum absolute atomic E-state index is 0.0697. The second-order valence-electron chi connectivity index (χ2n) is 3.14. The highest BCUT2D eigenvalue weighted by molar-refractivity contribution is 4.65. The maximum atomic E-state index is 5.65. The first-order chi connectivity index (χ1) is 5.36. The van der Waals surface area contributed by atoms with Gasteiger partial charge in [-0.1, -0.05) is 13.3 Å². The fourth-order valence-corrected chi connectivity index (χ4v) is 1.57. The normalized spacial score (nSPS) is 32.2. The maximum Gasteiger partial charge on any atom is 0.157 e. The second kappa shape index (κ2) is 4.73. The van der Waals surface area contributed by atoms with Crippen LogP contribution in [0.2, 0.25) is 0 Å². The van der Waals surface area contributed by atoms with E-state index in [-0.39, 0.29) is 6.29 Å². The summed E-state index contributed by atoms with van der Waals surface area (Å²) in [6, 6.07) is 0. The number of methoxy groups -OCH3 is 1. The van der Waals surface area contributed by atoms with Gasteiger partial charge in [0.15, 0.2) is 6.29 Å². The zero-order valence-electron chi connectivity index (χ0n) is 7.51. The topological polar surface area (TPSA) is 18.5 Å². The summed E-state index contributed by atoms with van der Waals surface area (Å²) in [6.07, 6.45) is 6.45. The highest BCUT2D eigenvalue weighted by Crippen LogP contribution is 2.21. The average Bonchev–Trinajstić information content (AvgIpc) is 2.06. The standard InChI is InChI=1S/C9H18O2/c1-3-5-8-6-4-7-9(10-2)11-8/h8-9H,3-7H2,1-2H3/t8-,9+/m1/s1. The van der Waals surface area contributed by atoms with Crippen molar-refractivity contribution in [2.24, 2.45) is 0 Å². The van der Waals surface area contributed by atoms with Gasteiger partial charge in [-0.3, -0.25) is 0 Å². The predicted molar refractivity (Wildman–Crippen MR) is 44.4 cm³/mol. The number of rotatable bonds is 3. The van der Waals surface area contributed by atoms with Crippen molar-refractivity contribution < 1.29 is 9.47 Å². The Morgan fingerprint density at radius 2 is 2.27 bits per heavy atom. The molecule has 1 fully saturated rings. The van der Waals surface area contributed by atoms with Crippen LogP contribution in [0.4, 0.5) is 0 Å². The van der Waals surface area contributed by atoms with E-state index in [9.17, 15) is 0 Å². The molecule has 2 nitrogen and oxygen atoms in total. The Hall–Kier alpha value is -0.0800. The molecule has 0 radical (unpaired) electrons. The van der Waals surface area contributed by atoms with Crippen LogP contribution in [-0.2, 0) is 9.47 Å². The van der Waals surface area contributed by atoms with E-state index in [1.807, 2.05) is 0 Å². The number of ether oxygens (including phenoxy) is 2. The molecule has 1 aliphatic rings. The molecule has 0 aromatic rings. The van der Waals surface area contributed by atoms with Crippen molar-refractivity contribution in [1.82, 2.24) is 0 Å². The van der Waals surface area contributed by atoms with Crippen molar-refractivity contribution in [1.29, 1.82) is 0 Å². The van der Waals surface area contributed by atoms with E-state index >= 15 is 0 Å². The van der Waals surface area contributed by atoms with Crippen LogP contribution in [0.3, 0.4) is 0 Å². The van der Waals surface area contributed by atoms with E-state index in [1.165, 1.54) is 25.7 Å². The highest BCUT2D eigenvalue weighted by atomic mass is 16.7. The summed E-state index contributed by atoms with van der Waals surface area (Å²) in [4.78, 5) is 0. The largest absolute Gasteiger partial charge is 0.356 e. The van der Waals surface area contributed by atoms with Crippen LogP contribution >= 0.6 is 0 Å². The molecule has 0 amide bonds. The molecule has 1 rings (SSSR count). The van der Waals surface area contributed by atoms with Crippen molar-refractivity contribution in [3.05, 3.63) is 0 Å². The third-order valence-electron chi connectivity index (χ3n) is 2.18. The maximum absolute atomic E-state index is 5.65. The molecule has 1 saturated heterocycles. The quantitative estimate of drug-likeness (QED) is 0.627. The third-order valence-corrected chi connectivity index (χ3v) is 2.18. The minimum Gasteiger partial charge on any atom is -0.356 e. The lowest BCUT2D eigenvalue weighted by Crippen LogP contribution is -2.28. The number of hydrogen-bond donors (Lipinski definition) is 0. The van der Waals surface area contributed by atoms with Gasteiger partial charge < -0.3 is 9.47 Å². The van der Waals surface area contributed by atoms with Crippen LogP contribution < -0.4 is 0 Å². The third kappa shape index (κ3) is 2.80. The van der Waals surface area contributed by atoms with Crippen LogP contribution in [0.15, 0.2) is 0 Å². The fourth-order valence-electron chi connectivity index (χ4n) is 1.57. The summed E-state index contributed by atoms with van der Waals surface area (Å²) >= 11 is 0. The molecule has 0 spiro atoms. The molecule has 0 bridgehead atoms. The van der Waals surface area contributed by atoms with Gasteiger partial charge in [0, 0.05) is 7.11 Å². The van der Waals surface area contributed by atoms with E-state index in [0.717, 1.165) is 6.42 Å². The van der Waals surface area contributed by atoms with E-state index in [4.69, 9.17) is 9.47 Å².